The summed E-state index contributed by atoms with van der Waals surface area (Å²) in [6, 6.07) is 3.80. The summed E-state index contributed by atoms with van der Waals surface area (Å²) >= 11 is 1.51. The Kier molecular flexibility index (Phi) is 4.57. The largest absolute Gasteiger partial charge is 0.457 e. The number of rotatable bonds is 5. The standard InChI is InChI=1S/C16H15N3O4S/c1-9-12(15(21)19-10(2)18-9)6-14(20)22-8-11-7-17-16(23-11)13-4-3-5-24-13/h3-5,7H,6,8H2,1-2H3,(H,18,19,21). The Morgan fingerprint density at radius 3 is 2.96 bits per heavy atom. The average molecular weight is 345 g/mol. The van der Waals surface area contributed by atoms with Crippen molar-refractivity contribution in [3.8, 4) is 10.8 Å². The van der Waals surface area contributed by atoms with Crippen LogP contribution in [0.4, 0.5) is 0 Å². The molecule has 0 saturated heterocycles. The number of esters is 1. The summed E-state index contributed by atoms with van der Waals surface area (Å²) in [7, 11) is 0. The Bertz CT molecular complexity index is 912. The number of nitrogens with zero attached hydrogens (tertiary/aromatic N) is 2. The molecular weight excluding hydrogens is 330 g/mol. The summed E-state index contributed by atoms with van der Waals surface area (Å²) in [6.07, 6.45) is 1.38. The number of nitrogens with one attached hydrogen (secondary N) is 1. The molecule has 24 heavy (non-hydrogen) atoms. The van der Waals surface area contributed by atoms with E-state index in [1.54, 1.807) is 13.8 Å². The number of aryl methyl sites for hydroxylation is 2. The molecule has 1 N–H and O–H groups in total. The number of aromatic nitrogens is 3. The van der Waals surface area contributed by atoms with Crippen molar-refractivity contribution in [2.75, 3.05) is 0 Å². The number of carbonyl (C=O) groups excluding carboxylic acids is 1. The normalized spacial score (nSPS) is 10.8. The Morgan fingerprint density at radius 2 is 2.25 bits per heavy atom. The van der Waals surface area contributed by atoms with E-state index in [2.05, 4.69) is 15.0 Å². The predicted molar refractivity (Wildman–Crippen MR) is 87.6 cm³/mol. The maximum Gasteiger partial charge on any atom is 0.310 e. The van der Waals surface area contributed by atoms with Crippen LogP contribution in [0.5, 0.6) is 0 Å². The zero-order valence-corrected chi connectivity index (χ0v) is 14.0. The molecular formula is C16H15N3O4S. The molecule has 0 radical (unpaired) electrons. The van der Waals surface area contributed by atoms with E-state index in [9.17, 15) is 9.59 Å². The van der Waals surface area contributed by atoms with Crippen molar-refractivity contribution < 1.29 is 13.9 Å². The number of hydrogen-bond acceptors (Lipinski definition) is 7. The molecule has 0 atom stereocenters. The smallest absolute Gasteiger partial charge is 0.310 e. The number of aromatic amines is 1. The lowest BCUT2D eigenvalue weighted by molar-refractivity contribution is -0.144. The molecule has 0 aliphatic rings. The van der Waals surface area contributed by atoms with Gasteiger partial charge in [-0.3, -0.25) is 9.59 Å². The molecule has 3 rings (SSSR count). The molecule has 0 aromatic carbocycles. The number of ether oxygens (including phenoxy) is 1. The Morgan fingerprint density at radius 1 is 1.42 bits per heavy atom. The van der Waals surface area contributed by atoms with Crippen LogP contribution in [0.3, 0.4) is 0 Å². The molecule has 7 nitrogen and oxygen atoms in total. The summed E-state index contributed by atoms with van der Waals surface area (Å²) in [5, 5.41) is 1.93. The van der Waals surface area contributed by atoms with Crippen LogP contribution in [-0.2, 0) is 22.6 Å². The van der Waals surface area contributed by atoms with Crippen molar-refractivity contribution in [2.45, 2.75) is 26.9 Å². The summed E-state index contributed by atoms with van der Waals surface area (Å²) in [5.41, 5.74) is 0.506. The van der Waals surface area contributed by atoms with Gasteiger partial charge in [-0.15, -0.1) is 11.3 Å². The van der Waals surface area contributed by atoms with Crippen LogP contribution in [0.1, 0.15) is 22.8 Å². The van der Waals surface area contributed by atoms with Gasteiger partial charge in [0.05, 0.1) is 17.5 Å². The molecule has 0 fully saturated rings. The van der Waals surface area contributed by atoms with Gasteiger partial charge in [0, 0.05) is 11.3 Å². The average Bonchev–Trinajstić information content (AvgIpc) is 3.19. The second kappa shape index (κ2) is 6.79. The van der Waals surface area contributed by atoms with E-state index in [0.29, 0.717) is 28.7 Å². The van der Waals surface area contributed by atoms with Crippen molar-refractivity contribution in [2.24, 2.45) is 0 Å². The zero-order chi connectivity index (χ0) is 17.1. The van der Waals surface area contributed by atoms with Crippen LogP contribution in [-0.4, -0.2) is 20.9 Å². The number of H-pyrrole nitrogens is 1. The van der Waals surface area contributed by atoms with E-state index < -0.39 is 5.97 Å². The second-order valence-corrected chi connectivity index (χ2v) is 6.11. The lowest BCUT2D eigenvalue weighted by atomic mass is 10.2. The molecule has 8 heteroatoms. The molecule has 0 unspecified atom stereocenters. The van der Waals surface area contributed by atoms with Crippen LogP contribution in [0, 0.1) is 13.8 Å². The molecule has 124 valence electrons. The maximum absolute atomic E-state index is 11.9. The minimum absolute atomic E-state index is 0.0343. The topological polar surface area (TPSA) is 98.1 Å². The lowest BCUT2D eigenvalue weighted by Crippen LogP contribution is -2.21. The van der Waals surface area contributed by atoms with Gasteiger partial charge in [-0.1, -0.05) is 6.07 Å². The van der Waals surface area contributed by atoms with Gasteiger partial charge in [-0.25, -0.2) is 9.97 Å². The van der Waals surface area contributed by atoms with Crippen molar-refractivity contribution in [1.82, 2.24) is 15.0 Å². The number of oxazole rings is 1. The molecule has 3 aromatic heterocycles. The monoisotopic (exact) mass is 345 g/mol. The zero-order valence-electron chi connectivity index (χ0n) is 13.2. The highest BCUT2D eigenvalue weighted by Gasteiger charge is 2.14. The fourth-order valence-corrected chi connectivity index (χ4v) is 2.85. The fourth-order valence-electron chi connectivity index (χ4n) is 2.19. The van der Waals surface area contributed by atoms with Gasteiger partial charge < -0.3 is 14.1 Å². The lowest BCUT2D eigenvalue weighted by Gasteiger charge is -2.05. The summed E-state index contributed by atoms with van der Waals surface area (Å²) in [6.45, 7) is 3.34. The van der Waals surface area contributed by atoms with Crippen molar-refractivity contribution in [3.63, 3.8) is 0 Å². The van der Waals surface area contributed by atoms with E-state index in [-0.39, 0.29) is 18.6 Å². The molecule has 0 bridgehead atoms. The van der Waals surface area contributed by atoms with Gasteiger partial charge in [0.1, 0.15) is 5.82 Å². The number of thiophene rings is 1. The number of hydrogen-bond donors (Lipinski definition) is 1. The number of carbonyl (C=O) groups is 1. The first-order valence-corrected chi connectivity index (χ1v) is 8.11. The Labute approximate surface area is 141 Å². The first-order chi connectivity index (χ1) is 11.5. The molecule has 0 spiro atoms. The minimum Gasteiger partial charge on any atom is -0.457 e. The summed E-state index contributed by atoms with van der Waals surface area (Å²) in [5.74, 6) is 0.922. The molecule has 0 aliphatic heterocycles. The predicted octanol–water partition coefficient (Wildman–Crippen LogP) is 2.39. The van der Waals surface area contributed by atoms with Crippen LogP contribution >= 0.6 is 11.3 Å². The van der Waals surface area contributed by atoms with Crippen LogP contribution in [0.25, 0.3) is 10.8 Å². The highest BCUT2D eigenvalue weighted by Crippen LogP contribution is 2.24. The third-order valence-electron chi connectivity index (χ3n) is 3.32. The van der Waals surface area contributed by atoms with Gasteiger partial charge >= 0.3 is 5.97 Å². The summed E-state index contributed by atoms with van der Waals surface area (Å²) < 4.78 is 10.7. The second-order valence-electron chi connectivity index (χ2n) is 5.16. The highest BCUT2D eigenvalue weighted by atomic mass is 32.1. The van der Waals surface area contributed by atoms with E-state index in [0.717, 1.165) is 4.88 Å². The van der Waals surface area contributed by atoms with Crippen molar-refractivity contribution in [3.05, 3.63) is 56.9 Å². The molecule has 0 aliphatic carbocycles. The Balaban J connectivity index is 1.61. The molecule has 0 amide bonds. The van der Waals surface area contributed by atoms with Gasteiger partial charge in [-0.05, 0) is 25.3 Å². The molecule has 3 aromatic rings. The molecule has 0 saturated carbocycles. The van der Waals surface area contributed by atoms with E-state index in [4.69, 9.17) is 9.15 Å². The van der Waals surface area contributed by atoms with Gasteiger partial charge in [-0.2, -0.15) is 0 Å². The minimum atomic E-state index is -0.525. The quantitative estimate of drug-likeness (QED) is 0.713. The Hall–Kier alpha value is -2.74. The van der Waals surface area contributed by atoms with E-state index >= 15 is 0 Å². The van der Waals surface area contributed by atoms with Gasteiger partial charge in [0.15, 0.2) is 12.4 Å². The maximum atomic E-state index is 11.9. The van der Waals surface area contributed by atoms with Gasteiger partial charge in [0.25, 0.3) is 5.56 Å². The van der Waals surface area contributed by atoms with Crippen LogP contribution in [0.15, 0.2) is 32.9 Å². The van der Waals surface area contributed by atoms with E-state index in [1.165, 1.54) is 17.5 Å². The van der Waals surface area contributed by atoms with Crippen molar-refractivity contribution in [1.29, 1.82) is 0 Å². The van der Waals surface area contributed by atoms with Crippen LogP contribution < -0.4 is 5.56 Å². The molecule has 3 heterocycles. The first-order valence-electron chi connectivity index (χ1n) is 7.23. The summed E-state index contributed by atoms with van der Waals surface area (Å²) in [4.78, 5) is 35.6. The van der Waals surface area contributed by atoms with E-state index in [1.807, 2.05) is 17.5 Å². The highest BCUT2D eigenvalue weighted by molar-refractivity contribution is 7.13. The van der Waals surface area contributed by atoms with Gasteiger partial charge in [0.2, 0.25) is 5.89 Å². The fraction of sp³-hybridized carbons (Fsp3) is 0.250. The third-order valence-corrected chi connectivity index (χ3v) is 4.18. The first kappa shape index (κ1) is 16.1. The third kappa shape index (κ3) is 3.60. The van der Waals surface area contributed by atoms with Crippen LogP contribution in [0.2, 0.25) is 0 Å². The SMILES string of the molecule is Cc1nc(C)c(CC(=O)OCc2cnc(-c3cccs3)o2)c(=O)[nH]1. The van der Waals surface area contributed by atoms with Crippen molar-refractivity contribution >= 4 is 17.3 Å².